The lowest BCUT2D eigenvalue weighted by molar-refractivity contribution is 0.0186. The van der Waals surface area contributed by atoms with Crippen molar-refractivity contribution in [3.8, 4) is 0 Å². The molecule has 2 heterocycles. The van der Waals surface area contributed by atoms with Gasteiger partial charge in [0.05, 0.1) is 17.1 Å². The molecule has 2 N–H and O–H groups in total. The Bertz CT molecular complexity index is 923. The predicted octanol–water partition coefficient (Wildman–Crippen LogP) is 5.96. The molecule has 0 aromatic heterocycles. The van der Waals surface area contributed by atoms with E-state index in [4.69, 9.17) is 15.5 Å². The second-order valence-electron chi connectivity index (χ2n) is 9.68. The minimum Gasteiger partial charge on any atom is -0.444 e. The van der Waals surface area contributed by atoms with E-state index in [1.165, 1.54) is 22.3 Å². The van der Waals surface area contributed by atoms with Gasteiger partial charge in [-0.1, -0.05) is 25.2 Å². The topological polar surface area (TPSA) is 67.9 Å². The number of hydrogen-bond acceptors (Lipinski definition) is 4. The van der Waals surface area contributed by atoms with Crippen LogP contribution < -0.4 is 5.73 Å². The molecular formula is C26H37N3O2. The molecule has 1 amide bonds. The van der Waals surface area contributed by atoms with Gasteiger partial charge in [0, 0.05) is 12.6 Å². The molecule has 0 bridgehead atoms. The SMILES string of the molecule is CCC1=CCCC2=CC(C)=CC(C3=CCCN(C(=O)OC(C)(C)C)[C@H](C)C3)=NC2=C1N. The Labute approximate surface area is 187 Å². The standard InChI is InChI=1S/C26H37N3O2/c1-7-19-10-8-11-21-14-17(2)15-22(28-24(21)23(19)27)20-12-9-13-29(18(3)16-20)25(30)31-26(4,5)6/h10,12,14-15,18H,7-9,11,13,16,27H2,1-6H3/t18-/m1/s1. The van der Waals surface area contributed by atoms with E-state index in [0.29, 0.717) is 6.54 Å². The number of carbonyl (C=O) groups excluding carboxylic acids is 1. The zero-order valence-corrected chi connectivity index (χ0v) is 19.9. The monoisotopic (exact) mass is 423 g/mol. The third-order valence-corrected chi connectivity index (χ3v) is 5.85. The molecule has 0 saturated heterocycles. The van der Waals surface area contributed by atoms with Crippen molar-refractivity contribution in [1.29, 1.82) is 0 Å². The summed E-state index contributed by atoms with van der Waals surface area (Å²) < 4.78 is 5.63. The smallest absolute Gasteiger partial charge is 0.410 e. The van der Waals surface area contributed by atoms with E-state index in [-0.39, 0.29) is 12.1 Å². The Morgan fingerprint density at radius 1 is 1.23 bits per heavy atom. The summed E-state index contributed by atoms with van der Waals surface area (Å²) in [6.07, 6.45) is 13.0. The summed E-state index contributed by atoms with van der Waals surface area (Å²) in [5.41, 5.74) is 13.5. The highest BCUT2D eigenvalue weighted by Gasteiger charge is 2.29. The highest BCUT2D eigenvalue weighted by atomic mass is 16.6. The number of ether oxygens (including phenoxy) is 1. The number of allylic oxidation sites excluding steroid dienone is 6. The van der Waals surface area contributed by atoms with Crippen molar-refractivity contribution in [3.05, 3.63) is 58.0 Å². The van der Waals surface area contributed by atoms with Gasteiger partial charge in [-0.15, -0.1) is 0 Å². The van der Waals surface area contributed by atoms with Crippen molar-refractivity contribution in [1.82, 2.24) is 4.90 Å². The van der Waals surface area contributed by atoms with E-state index < -0.39 is 5.60 Å². The fraction of sp³-hybridized carbons (Fsp3) is 0.538. The predicted molar refractivity (Wildman–Crippen MR) is 128 cm³/mol. The van der Waals surface area contributed by atoms with Crippen LogP contribution in [0.1, 0.15) is 73.6 Å². The number of aliphatic imine (C=N–C) groups is 1. The molecule has 168 valence electrons. The van der Waals surface area contributed by atoms with Gasteiger partial charge in [-0.2, -0.15) is 0 Å². The summed E-state index contributed by atoms with van der Waals surface area (Å²) in [6.45, 7) is 12.7. The van der Waals surface area contributed by atoms with E-state index in [0.717, 1.165) is 49.2 Å². The molecule has 0 saturated carbocycles. The number of carbonyl (C=O) groups is 1. The van der Waals surface area contributed by atoms with Crippen molar-refractivity contribution in [2.45, 2.75) is 85.3 Å². The molecule has 0 aromatic rings. The first-order valence-electron chi connectivity index (χ1n) is 11.4. The Morgan fingerprint density at radius 2 is 1.97 bits per heavy atom. The van der Waals surface area contributed by atoms with Crippen LogP contribution in [0.2, 0.25) is 0 Å². The quantitative estimate of drug-likeness (QED) is 0.596. The summed E-state index contributed by atoms with van der Waals surface area (Å²) in [6, 6.07) is 0.0299. The summed E-state index contributed by atoms with van der Waals surface area (Å²) >= 11 is 0. The average Bonchev–Trinajstić information content (AvgIpc) is 3.02. The maximum atomic E-state index is 12.7. The third kappa shape index (κ3) is 5.57. The molecular weight excluding hydrogens is 386 g/mol. The van der Waals surface area contributed by atoms with E-state index in [2.05, 4.69) is 45.1 Å². The van der Waals surface area contributed by atoms with Crippen LogP contribution in [-0.4, -0.2) is 34.9 Å². The lowest BCUT2D eigenvalue weighted by atomic mass is 10.0. The minimum absolute atomic E-state index is 0.0299. The maximum absolute atomic E-state index is 12.7. The lowest BCUT2D eigenvalue weighted by Gasteiger charge is -2.30. The molecule has 0 aromatic carbocycles. The highest BCUT2D eigenvalue weighted by molar-refractivity contribution is 6.10. The first kappa shape index (κ1) is 23.1. The second-order valence-corrected chi connectivity index (χ2v) is 9.68. The largest absolute Gasteiger partial charge is 0.444 e. The molecule has 0 unspecified atom stereocenters. The molecule has 2 aliphatic heterocycles. The van der Waals surface area contributed by atoms with Crippen LogP contribution in [0.25, 0.3) is 0 Å². The van der Waals surface area contributed by atoms with Gasteiger partial charge in [-0.05, 0) is 95.1 Å². The fourth-order valence-corrected chi connectivity index (χ4v) is 4.32. The zero-order chi connectivity index (χ0) is 22.8. The average molecular weight is 424 g/mol. The van der Waals surface area contributed by atoms with Gasteiger partial charge in [0.1, 0.15) is 5.60 Å². The van der Waals surface area contributed by atoms with E-state index in [9.17, 15) is 4.79 Å². The van der Waals surface area contributed by atoms with Crippen LogP contribution in [0.4, 0.5) is 4.79 Å². The zero-order valence-electron chi connectivity index (χ0n) is 19.9. The number of nitrogens with zero attached hydrogens (tertiary/aromatic N) is 2. The molecule has 31 heavy (non-hydrogen) atoms. The van der Waals surface area contributed by atoms with Crippen LogP contribution in [0.15, 0.2) is 63.0 Å². The van der Waals surface area contributed by atoms with Crippen molar-refractivity contribution in [2.24, 2.45) is 10.7 Å². The second kappa shape index (κ2) is 9.29. The van der Waals surface area contributed by atoms with Crippen LogP contribution >= 0.6 is 0 Å². The van der Waals surface area contributed by atoms with Crippen molar-refractivity contribution in [3.63, 3.8) is 0 Å². The summed E-state index contributed by atoms with van der Waals surface area (Å²) in [4.78, 5) is 19.6. The van der Waals surface area contributed by atoms with Gasteiger partial charge in [0.2, 0.25) is 0 Å². The molecule has 0 spiro atoms. The van der Waals surface area contributed by atoms with Crippen LogP contribution in [0.3, 0.4) is 0 Å². The molecule has 1 aliphatic carbocycles. The number of hydrogen-bond donors (Lipinski definition) is 1. The Hall–Kier alpha value is -2.56. The number of nitrogens with two attached hydrogens (primary N) is 1. The van der Waals surface area contributed by atoms with Crippen LogP contribution in [-0.2, 0) is 4.74 Å². The first-order valence-corrected chi connectivity index (χ1v) is 11.4. The normalized spacial score (nSPS) is 22.7. The van der Waals surface area contributed by atoms with Crippen molar-refractivity contribution < 1.29 is 9.53 Å². The Morgan fingerprint density at radius 3 is 2.65 bits per heavy atom. The molecule has 0 fully saturated rings. The summed E-state index contributed by atoms with van der Waals surface area (Å²) in [7, 11) is 0. The van der Waals surface area contributed by atoms with Gasteiger partial charge in [-0.3, -0.25) is 0 Å². The van der Waals surface area contributed by atoms with Gasteiger partial charge < -0.3 is 15.4 Å². The first-order chi connectivity index (χ1) is 14.6. The van der Waals surface area contributed by atoms with E-state index in [1.807, 2.05) is 25.7 Å². The van der Waals surface area contributed by atoms with E-state index in [1.54, 1.807) is 0 Å². The van der Waals surface area contributed by atoms with Gasteiger partial charge in [0.25, 0.3) is 0 Å². The third-order valence-electron chi connectivity index (χ3n) is 5.85. The molecule has 0 radical (unpaired) electrons. The summed E-state index contributed by atoms with van der Waals surface area (Å²) in [5, 5.41) is 0. The van der Waals surface area contributed by atoms with E-state index >= 15 is 0 Å². The maximum Gasteiger partial charge on any atom is 0.410 e. The number of amides is 1. The summed E-state index contributed by atoms with van der Waals surface area (Å²) in [5.74, 6) is 0. The lowest BCUT2D eigenvalue weighted by Crippen LogP contribution is -2.42. The Kier molecular flexibility index (Phi) is 6.93. The van der Waals surface area contributed by atoms with Crippen molar-refractivity contribution in [2.75, 3.05) is 6.54 Å². The number of fused-ring (bicyclic) bond motifs is 1. The van der Waals surface area contributed by atoms with Crippen LogP contribution in [0.5, 0.6) is 0 Å². The molecule has 3 aliphatic rings. The minimum atomic E-state index is -0.499. The van der Waals surface area contributed by atoms with Gasteiger partial charge in [0.15, 0.2) is 0 Å². The molecule has 5 nitrogen and oxygen atoms in total. The van der Waals surface area contributed by atoms with Crippen molar-refractivity contribution >= 4 is 11.8 Å². The van der Waals surface area contributed by atoms with Crippen LogP contribution in [0, 0.1) is 0 Å². The molecule has 5 heteroatoms. The molecule has 3 rings (SSSR count). The molecule has 1 atom stereocenters. The number of rotatable bonds is 2. The highest BCUT2D eigenvalue weighted by Crippen LogP contribution is 2.33. The van der Waals surface area contributed by atoms with Gasteiger partial charge in [-0.25, -0.2) is 9.79 Å². The fourth-order valence-electron chi connectivity index (χ4n) is 4.32. The van der Waals surface area contributed by atoms with Gasteiger partial charge >= 0.3 is 6.09 Å². The Balaban J connectivity index is 1.91.